The molecule has 2 nitrogen and oxygen atoms in total. The van der Waals surface area contributed by atoms with Crippen LogP contribution in [0.15, 0.2) is 10.7 Å². The summed E-state index contributed by atoms with van der Waals surface area (Å²) < 4.78 is 14.3. The first-order chi connectivity index (χ1) is 6.61. The molecule has 76 valence electrons. The zero-order chi connectivity index (χ0) is 10.3. The largest absolute Gasteiger partial charge is 0.324 e. The molecule has 1 atom stereocenters. The third-order valence-electron chi connectivity index (χ3n) is 2.74. The minimum atomic E-state index is -0.426. The highest BCUT2D eigenvalue weighted by molar-refractivity contribution is 9.10. The molecule has 1 aliphatic carbocycles. The lowest BCUT2D eigenvalue weighted by atomic mass is 10.0. The van der Waals surface area contributed by atoms with E-state index in [1.807, 2.05) is 6.92 Å². The second kappa shape index (κ2) is 3.59. The monoisotopic (exact) mass is 258 g/mol. The second-order valence-corrected chi connectivity index (χ2v) is 4.65. The van der Waals surface area contributed by atoms with Crippen LogP contribution in [0, 0.1) is 18.8 Å². The van der Waals surface area contributed by atoms with Gasteiger partial charge < -0.3 is 5.73 Å². The van der Waals surface area contributed by atoms with Gasteiger partial charge in [-0.15, -0.1) is 0 Å². The normalized spacial score (nSPS) is 18.3. The van der Waals surface area contributed by atoms with Crippen LogP contribution >= 0.6 is 15.9 Å². The number of rotatable bonds is 2. The van der Waals surface area contributed by atoms with E-state index in [9.17, 15) is 4.39 Å². The van der Waals surface area contributed by atoms with E-state index < -0.39 is 5.95 Å². The fraction of sp³-hybridized carbons (Fsp3) is 0.500. The van der Waals surface area contributed by atoms with Crippen LogP contribution in [0.1, 0.15) is 30.0 Å². The highest BCUT2D eigenvalue weighted by Crippen LogP contribution is 2.41. The van der Waals surface area contributed by atoms with Crippen molar-refractivity contribution in [3.8, 4) is 0 Å². The molecule has 4 heteroatoms. The Morgan fingerprint density at radius 1 is 1.64 bits per heavy atom. The van der Waals surface area contributed by atoms with Crippen LogP contribution in [-0.2, 0) is 0 Å². The summed E-state index contributed by atoms with van der Waals surface area (Å²) in [5.74, 6) is 0.0180. The van der Waals surface area contributed by atoms with Crippen LogP contribution in [-0.4, -0.2) is 4.98 Å². The topological polar surface area (TPSA) is 38.9 Å². The summed E-state index contributed by atoms with van der Waals surface area (Å²) in [7, 11) is 0. The molecule has 1 aliphatic rings. The summed E-state index contributed by atoms with van der Waals surface area (Å²) in [6.45, 7) is 1.87. The van der Waals surface area contributed by atoms with Crippen molar-refractivity contribution in [1.82, 2.24) is 4.98 Å². The van der Waals surface area contributed by atoms with E-state index in [2.05, 4.69) is 20.9 Å². The van der Waals surface area contributed by atoms with Crippen LogP contribution < -0.4 is 5.73 Å². The van der Waals surface area contributed by atoms with Crippen molar-refractivity contribution in [3.05, 3.63) is 27.7 Å². The van der Waals surface area contributed by atoms with Crippen molar-refractivity contribution >= 4 is 15.9 Å². The summed E-state index contributed by atoms with van der Waals surface area (Å²) >= 11 is 3.33. The fourth-order valence-electron chi connectivity index (χ4n) is 1.64. The molecular formula is C10H12BrFN2. The maximum absolute atomic E-state index is 13.5. The van der Waals surface area contributed by atoms with Gasteiger partial charge in [-0.3, -0.25) is 0 Å². The first-order valence-corrected chi connectivity index (χ1v) is 5.46. The Morgan fingerprint density at radius 2 is 2.29 bits per heavy atom. The number of halogens is 2. The van der Waals surface area contributed by atoms with Gasteiger partial charge in [0.05, 0.1) is 0 Å². The Balaban J connectivity index is 2.43. The lowest BCUT2D eigenvalue weighted by molar-refractivity contribution is 0.520. The molecule has 1 aromatic rings. The standard InChI is InChI=1S/C10H12BrFN2/c1-5-7(11)4-14-10(12)8(5)9(13)6-2-3-6/h4,6,9H,2-3,13H2,1H3/t9-/m1/s1. The summed E-state index contributed by atoms with van der Waals surface area (Å²) in [5, 5.41) is 0. The van der Waals surface area contributed by atoms with E-state index in [1.165, 1.54) is 6.20 Å². The lowest BCUT2D eigenvalue weighted by Crippen LogP contribution is -2.16. The van der Waals surface area contributed by atoms with Gasteiger partial charge in [-0.05, 0) is 47.2 Å². The summed E-state index contributed by atoms with van der Waals surface area (Å²) in [6, 6.07) is -0.194. The average molecular weight is 259 g/mol. The van der Waals surface area contributed by atoms with Crippen LogP contribution in [0.3, 0.4) is 0 Å². The molecule has 0 bridgehead atoms. The van der Waals surface area contributed by atoms with E-state index in [0.717, 1.165) is 22.9 Å². The van der Waals surface area contributed by atoms with Gasteiger partial charge in [-0.1, -0.05) is 0 Å². The van der Waals surface area contributed by atoms with Gasteiger partial charge in [-0.25, -0.2) is 4.98 Å². The summed E-state index contributed by atoms with van der Waals surface area (Å²) in [5.41, 5.74) is 7.41. The van der Waals surface area contributed by atoms with E-state index in [4.69, 9.17) is 5.73 Å². The zero-order valence-corrected chi connectivity index (χ0v) is 9.51. The fourth-order valence-corrected chi connectivity index (χ4v) is 1.96. The second-order valence-electron chi connectivity index (χ2n) is 3.80. The van der Waals surface area contributed by atoms with Gasteiger partial charge in [0, 0.05) is 22.3 Å². The van der Waals surface area contributed by atoms with Gasteiger partial charge in [0.1, 0.15) is 0 Å². The SMILES string of the molecule is Cc1c(Br)cnc(F)c1[C@H](N)C1CC1. The molecule has 0 amide bonds. The quantitative estimate of drug-likeness (QED) is 0.829. The number of aromatic nitrogens is 1. The minimum absolute atomic E-state index is 0.194. The predicted octanol–water partition coefficient (Wildman–Crippen LogP) is 2.70. The summed E-state index contributed by atoms with van der Waals surface area (Å²) in [4.78, 5) is 3.68. The minimum Gasteiger partial charge on any atom is -0.324 e. The predicted molar refractivity (Wildman–Crippen MR) is 56.3 cm³/mol. The molecule has 0 radical (unpaired) electrons. The first kappa shape index (κ1) is 10.1. The van der Waals surface area contributed by atoms with Crippen molar-refractivity contribution in [3.63, 3.8) is 0 Å². The van der Waals surface area contributed by atoms with Crippen molar-refractivity contribution < 1.29 is 4.39 Å². The Morgan fingerprint density at radius 3 is 2.86 bits per heavy atom. The Labute approximate surface area is 90.8 Å². The molecule has 0 saturated heterocycles. The average Bonchev–Trinajstić information content (AvgIpc) is 2.95. The number of nitrogens with two attached hydrogens (primary N) is 1. The molecule has 1 aromatic heterocycles. The summed E-state index contributed by atoms with van der Waals surface area (Å²) in [6.07, 6.45) is 3.69. The van der Waals surface area contributed by atoms with E-state index in [1.54, 1.807) is 0 Å². The molecule has 1 fully saturated rings. The molecule has 0 aliphatic heterocycles. The number of nitrogens with zero attached hydrogens (tertiary/aromatic N) is 1. The van der Waals surface area contributed by atoms with Crippen LogP contribution in [0.25, 0.3) is 0 Å². The van der Waals surface area contributed by atoms with E-state index in [-0.39, 0.29) is 6.04 Å². The van der Waals surface area contributed by atoms with Crippen molar-refractivity contribution in [1.29, 1.82) is 0 Å². The zero-order valence-electron chi connectivity index (χ0n) is 7.93. The molecule has 1 saturated carbocycles. The maximum Gasteiger partial charge on any atom is 0.217 e. The number of hydrogen-bond donors (Lipinski definition) is 1. The highest BCUT2D eigenvalue weighted by atomic mass is 79.9. The number of pyridine rings is 1. The molecule has 0 unspecified atom stereocenters. The third kappa shape index (κ3) is 1.68. The van der Waals surface area contributed by atoms with Crippen LogP contribution in [0.5, 0.6) is 0 Å². The third-order valence-corrected chi connectivity index (χ3v) is 3.54. The van der Waals surface area contributed by atoms with E-state index >= 15 is 0 Å². The molecule has 2 rings (SSSR count). The van der Waals surface area contributed by atoms with Gasteiger partial charge in [0.15, 0.2) is 0 Å². The molecule has 0 spiro atoms. The Hall–Kier alpha value is -0.480. The van der Waals surface area contributed by atoms with E-state index in [0.29, 0.717) is 11.5 Å². The van der Waals surface area contributed by atoms with Crippen LogP contribution in [0.4, 0.5) is 4.39 Å². The molecule has 2 N–H and O–H groups in total. The number of hydrogen-bond acceptors (Lipinski definition) is 2. The maximum atomic E-state index is 13.5. The van der Waals surface area contributed by atoms with Crippen molar-refractivity contribution in [2.75, 3.05) is 0 Å². The lowest BCUT2D eigenvalue weighted by Gasteiger charge is -2.14. The molecule has 0 aromatic carbocycles. The van der Waals surface area contributed by atoms with Gasteiger partial charge in [-0.2, -0.15) is 4.39 Å². The van der Waals surface area contributed by atoms with Gasteiger partial charge in [0.25, 0.3) is 0 Å². The van der Waals surface area contributed by atoms with Gasteiger partial charge >= 0.3 is 0 Å². The Kier molecular flexibility index (Phi) is 2.58. The Bertz CT molecular complexity index is 363. The molecule has 14 heavy (non-hydrogen) atoms. The highest BCUT2D eigenvalue weighted by Gasteiger charge is 2.32. The van der Waals surface area contributed by atoms with Crippen molar-refractivity contribution in [2.45, 2.75) is 25.8 Å². The van der Waals surface area contributed by atoms with Crippen LogP contribution in [0.2, 0.25) is 0 Å². The van der Waals surface area contributed by atoms with Crippen molar-refractivity contribution in [2.24, 2.45) is 11.7 Å². The molecular weight excluding hydrogens is 247 g/mol. The first-order valence-electron chi connectivity index (χ1n) is 4.67. The smallest absolute Gasteiger partial charge is 0.217 e. The molecule has 1 heterocycles. The van der Waals surface area contributed by atoms with Gasteiger partial charge in [0.2, 0.25) is 5.95 Å².